The van der Waals surface area contributed by atoms with Crippen LogP contribution < -0.4 is 0 Å². The maximum atomic E-state index is 12.1. The van der Waals surface area contributed by atoms with Crippen LogP contribution in [0.25, 0.3) is 0 Å². The van der Waals surface area contributed by atoms with Gasteiger partial charge in [0.15, 0.2) is 0 Å². The molecule has 1 saturated carbocycles. The number of amides is 1. The third-order valence-corrected chi connectivity index (χ3v) is 4.58. The molecule has 0 N–H and O–H groups in total. The zero-order valence-corrected chi connectivity index (χ0v) is 11.5. The number of ether oxygens (including phenoxy) is 1. The van der Waals surface area contributed by atoms with E-state index in [1.807, 2.05) is 0 Å². The Bertz CT molecular complexity index is 328. The molecule has 2 saturated heterocycles. The minimum atomic E-state index is 0.362. The number of likely N-dealkylation sites (N-methyl/N-ethyl adjacent to an activating group) is 1. The first-order chi connectivity index (χ1) is 8.65. The smallest absolute Gasteiger partial charge is 0.225 e. The maximum Gasteiger partial charge on any atom is 0.225 e. The second-order valence-electron chi connectivity index (χ2n) is 6.41. The lowest BCUT2D eigenvalue weighted by Gasteiger charge is -2.36. The fourth-order valence-electron chi connectivity index (χ4n) is 3.42. The highest BCUT2D eigenvalue weighted by atomic mass is 16.5. The summed E-state index contributed by atoms with van der Waals surface area (Å²) in [4.78, 5) is 16.4. The van der Waals surface area contributed by atoms with Crippen LogP contribution in [0.1, 0.15) is 19.3 Å². The van der Waals surface area contributed by atoms with E-state index in [9.17, 15) is 4.79 Å². The van der Waals surface area contributed by atoms with E-state index in [0.29, 0.717) is 29.8 Å². The normalized spacial score (nSPS) is 35.9. The predicted octanol–water partition coefficient (Wildman–Crippen LogP) is 0.821. The molecule has 0 radical (unpaired) electrons. The van der Waals surface area contributed by atoms with Gasteiger partial charge in [-0.2, -0.15) is 0 Å². The number of piperidine rings is 1. The van der Waals surface area contributed by atoms with Crippen LogP contribution >= 0.6 is 0 Å². The first-order valence-electron chi connectivity index (χ1n) is 7.20. The van der Waals surface area contributed by atoms with Gasteiger partial charge in [0.2, 0.25) is 5.91 Å². The van der Waals surface area contributed by atoms with E-state index >= 15 is 0 Å². The minimum Gasteiger partial charge on any atom is -0.376 e. The summed E-state index contributed by atoms with van der Waals surface area (Å²) in [5, 5.41) is 0. The van der Waals surface area contributed by atoms with E-state index in [-0.39, 0.29) is 0 Å². The molecule has 1 amide bonds. The van der Waals surface area contributed by atoms with Crippen molar-refractivity contribution in [2.45, 2.75) is 25.4 Å². The van der Waals surface area contributed by atoms with Crippen LogP contribution in [0.15, 0.2) is 0 Å². The number of rotatable bonds is 3. The minimum absolute atomic E-state index is 0.362. The van der Waals surface area contributed by atoms with Crippen molar-refractivity contribution >= 4 is 5.91 Å². The van der Waals surface area contributed by atoms with Crippen LogP contribution in [0, 0.1) is 17.8 Å². The summed E-state index contributed by atoms with van der Waals surface area (Å²) >= 11 is 0. The molecule has 1 aliphatic carbocycles. The molecule has 0 bridgehead atoms. The van der Waals surface area contributed by atoms with Gasteiger partial charge in [-0.05, 0) is 39.3 Å². The van der Waals surface area contributed by atoms with Crippen LogP contribution in [0.3, 0.4) is 0 Å². The average molecular weight is 252 g/mol. The Labute approximate surface area is 109 Å². The molecule has 0 aromatic rings. The van der Waals surface area contributed by atoms with Crippen molar-refractivity contribution < 1.29 is 9.53 Å². The summed E-state index contributed by atoms with van der Waals surface area (Å²) in [5.74, 6) is 2.01. The SMILES string of the molecule is CN(C)C[C@H]1OC[C@H]2CN(C(=O)C3CC3)CC[C@H]21. The molecule has 0 spiro atoms. The van der Waals surface area contributed by atoms with E-state index in [2.05, 4.69) is 23.9 Å². The monoisotopic (exact) mass is 252 g/mol. The Kier molecular flexibility index (Phi) is 3.32. The Morgan fingerprint density at radius 3 is 2.78 bits per heavy atom. The first-order valence-corrected chi connectivity index (χ1v) is 7.20. The lowest BCUT2D eigenvalue weighted by molar-refractivity contribution is -0.134. The number of hydrogen-bond acceptors (Lipinski definition) is 3. The molecule has 3 rings (SSSR count). The Hall–Kier alpha value is -0.610. The van der Waals surface area contributed by atoms with Gasteiger partial charge < -0.3 is 14.5 Å². The molecule has 3 fully saturated rings. The molecule has 102 valence electrons. The van der Waals surface area contributed by atoms with Gasteiger partial charge in [0.1, 0.15) is 0 Å². The summed E-state index contributed by atoms with van der Waals surface area (Å²) in [6, 6.07) is 0. The second kappa shape index (κ2) is 4.82. The van der Waals surface area contributed by atoms with E-state index < -0.39 is 0 Å². The molecule has 4 nitrogen and oxygen atoms in total. The average Bonchev–Trinajstić information content (AvgIpc) is 3.12. The molecule has 4 heteroatoms. The first kappa shape index (κ1) is 12.4. The van der Waals surface area contributed by atoms with Crippen LogP contribution in [0.5, 0.6) is 0 Å². The quantitative estimate of drug-likeness (QED) is 0.745. The zero-order chi connectivity index (χ0) is 12.7. The fraction of sp³-hybridized carbons (Fsp3) is 0.929. The van der Waals surface area contributed by atoms with Gasteiger partial charge in [0.05, 0.1) is 12.7 Å². The zero-order valence-electron chi connectivity index (χ0n) is 11.5. The second-order valence-corrected chi connectivity index (χ2v) is 6.41. The summed E-state index contributed by atoms with van der Waals surface area (Å²) in [5.41, 5.74) is 0. The number of carbonyl (C=O) groups is 1. The third-order valence-electron chi connectivity index (χ3n) is 4.58. The number of likely N-dealkylation sites (tertiary alicyclic amines) is 1. The van der Waals surface area contributed by atoms with Gasteiger partial charge in [-0.15, -0.1) is 0 Å². The maximum absolute atomic E-state index is 12.1. The molecular weight excluding hydrogens is 228 g/mol. The Morgan fingerprint density at radius 2 is 2.11 bits per heavy atom. The van der Waals surface area contributed by atoms with Gasteiger partial charge in [0, 0.05) is 31.5 Å². The van der Waals surface area contributed by atoms with Crippen molar-refractivity contribution in [2.75, 3.05) is 40.3 Å². The van der Waals surface area contributed by atoms with Crippen molar-refractivity contribution in [1.82, 2.24) is 9.80 Å². The molecule has 3 atom stereocenters. The highest BCUT2D eigenvalue weighted by molar-refractivity contribution is 5.81. The van der Waals surface area contributed by atoms with Crippen LogP contribution in [-0.4, -0.2) is 62.1 Å². The van der Waals surface area contributed by atoms with Gasteiger partial charge in [-0.1, -0.05) is 0 Å². The van der Waals surface area contributed by atoms with Crippen LogP contribution in [-0.2, 0) is 9.53 Å². The molecule has 2 aliphatic heterocycles. The summed E-state index contributed by atoms with van der Waals surface area (Å²) in [7, 11) is 4.20. The molecule has 18 heavy (non-hydrogen) atoms. The topological polar surface area (TPSA) is 32.8 Å². The molecule has 0 aromatic carbocycles. The van der Waals surface area contributed by atoms with E-state index in [4.69, 9.17) is 4.74 Å². The Morgan fingerprint density at radius 1 is 1.33 bits per heavy atom. The van der Waals surface area contributed by atoms with E-state index in [0.717, 1.165) is 45.5 Å². The molecule has 3 aliphatic rings. The lowest BCUT2D eigenvalue weighted by atomic mass is 9.84. The molecule has 0 aromatic heterocycles. The Balaban J connectivity index is 1.57. The van der Waals surface area contributed by atoms with Gasteiger partial charge in [-0.3, -0.25) is 4.79 Å². The van der Waals surface area contributed by atoms with Crippen LogP contribution in [0.2, 0.25) is 0 Å². The van der Waals surface area contributed by atoms with Crippen molar-refractivity contribution in [2.24, 2.45) is 17.8 Å². The standard InChI is InChI=1S/C14H24N2O2/c1-15(2)8-13-12-5-6-16(7-11(12)9-18-13)14(17)10-3-4-10/h10-13H,3-9H2,1-2H3/t11-,12-,13-/m1/s1. The van der Waals surface area contributed by atoms with Gasteiger partial charge >= 0.3 is 0 Å². The molecular formula is C14H24N2O2. The fourth-order valence-corrected chi connectivity index (χ4v) is 3.42. The molecule has 0 unspecified atom stereocenters. The van der Waals surface area contributed by atoms with Crippen molar-refractivity contribution in [3.05, 3.63) is 0 Å². The summed E-state index contributed by atoms with van der Waals surface area (Å²) < 4.78 is 5.94. The number of hydrogen-bond donors (Lipinski definition) is 0. The number of nitrogens with zero attached hydrogens (tertiary/aromatic N) is 2. The molecule has 2 heterocycles. The third kappa shape index (κ3) is 2.41. The summed E-state index contributed by atoms with van der Waals surface area (Å²) in [6.45, 7) is 3.74. The highest BCUT2D eigenvalue weighted by Gasteiger charge is 2.43. The largest absolute Gasteiger partial charge is 0.376 e. The van der Waals surface area contributed by atoms with E-state index in [1.165, 1.54) is 0 Å². The van der Waals surface area contributed by atoms with Gasteiger partial charge in [-0.25, -0.2) is 0 Å². The van der Waals surface area contributed by atoms with Crippen LogP contribution in [0.4, 0.5) is 0 Å². The lowest BCUT2D eigenvalue weighted by Crippen LogP contribution is -2.46. The summed E-state index contributed by atoms with van der Waals surface area (Å²) in [6.07, 6.45) is 3.73. The van der Waals surface area contributed by atoms with Gasteiger partial charge in [0.25, 0.3) is 0 Å². The van der Waals surface area contributed by atoms with E-state index in [1.54, 1.807) is 0 Å². The van der Waals surface area contributed by atoms with Crippen molar-refractivity contribution in [1.29, 1.82) is 0 Å². The number of fused-ring (bicyclic) bond motifs is 1. The van der Waals surface area contributed by atoms with Crippen molar-refractivity contribution in [3.8, 4) is 0 Å². The van der Waals surface area contributed by atoms with Crippen molar-refractivity contribution in [3.63, 3.8) is 0 Å². The highest BCUT2D eigenvalue weighted by Crippen LogP contribution is 2.37. The predicted molar refractivity (Wildman–Crippen MR) is 69.2 cm³/mol. The number of carbonyl (C=O) groups excluding carboxylic acids is 1.